The Kier molecular flexibility index (Phi) is 4.39. The van der Waals surface area contributed by atoms with E-state index in [1.807, 2.05) is 44.4 Å². The normalized spacial score (nSPS) is 11.4. The van der Waals surface area contributed by atoms with Crippen LogP contribution in [0.5, 0.6) is 0 Å². The van der Waals surface area contributed by atoms with Gasteiger partial charge in [-0.05, 0) is 25.1 Å². The minimum Gasteiger partial charge on any atom is -0.382 e. The molecular formula is C21H21N9O. The number of aryl methyl sites for hydroxylation is 2. The van der Waals surface area contributed by atoms with E-state index in [0.717, 1.165) is 33.2 Å². The van der Waals surface area contributed by atoms with Crippen molar-refractivity contribution in [2.75, 3.05) is 12.3 Å². The molecule has 5 rings (SSSR count). The molecule has 4 N–H and O–H groups in total. The summed E-state index contributed by atoms with van der Waals surface area (Å²) in [7, 11) is 1.81. The lowest BCUT2D eigenvalue weighted by atomic mass is 10.1. The van der Waals surface area contributed by atoms with Crippen molar-refractivity contribution >= 4 is 33.5 Å². The lowest BCUT2D eigenvalue weighted by Crippen LogP contribution is -2.27. The summed E-state index contributed by atoms with van der Waals surface area (Å²) in [6.45, 7) is 2.81. The average molecular weight is 415 g/mol. The highest BCUT2D eigenvalue weighted by molar-refractivity contribution is 6.08. The summed E-state index contributed by atoms with van der Waals surface area (Å²) in [6, 6.07) is 9.64. The zero-order valence-electron chi connectivity index (χ0n) is 17.1. The van der Waals surface area contributed by atoms with Gasteiger partial charge in [0, 0.05) is 48.0 Å². The zero-order chi connectivity index (χ0) is 21.5. The number of hydrogen-bond acceptors (Lipinski definition) is 6. The number of nitrogens with one attached hydrogen (secondary N) is 2. The Morgan fingerprint density at radius 3 is 2.81 bits per heavy atom. The van der Waals surface area contributed by atoms with Gasteiger partial charge in [-0.1, -0.05) is 12.1 Å². The number of anilines is 1. The van der Waals surface area contributed by atoms with Gasteiger partial charge in [-0.2, -0.15) is 15.3 Å². The van der Waals surface area contributed by atoms with Crippen molar-refractivity contribution in [2.45, 2.75) is 13.5 Å². The number of hydrogen-bond donors (Lipinski definition) is 3. The highest BCUT2D eigenvalue weighted by Gasteiger charge is 2.13. The van der Waals surface area contributed by atoms with E-state index in [0.29, 0.717) is 30.1 Å². The van der Waals surface area contributed by atoms with Crippen LogP contribution in [0, 0.1) is 6.92 Å². The summed E-state index contributed by atoms with van der Waals surface area (Å²) in [5, 5.41) is 20.5. The lowest BCUT2D eigenvalue weighted by Gasteiger charge is -2.03. The molecular weight excluding hydrogens is 394 g/mol. The van der Waals surface area contributed by atoms with Gasteiger partial charge >= 0.3 is 0 Å². The predicted molar refractivity (Wildman–Crippen MR) is 117 cm³/mol. The van der Waals surface area contributed by atoms with Crippen LogP contribution in [-0.2, 0) is 13.6 Å². The van der Waals surface area contributed by atoms with E-state index in [4.69, 9.17) is 5.73 Å². The number of rotatable bonds is 5. The fraction of sp³-hybridized carbons (Fsp3) is 0.190. The Bertz CT molecular complexity index is 1390. The van der Waals surface area contributed by atoms with Crippen LogP contribution in [0.3, 0.4) is 0 Å². The summed E-state index contributed by atoms with van der Waals surface area (Å²) in [5.74, 6) is 0.159. The number of nitrogens with two attached hydrogens (primary N) is 1. The molecule has 1 amide bonds. The van der Waals surface area contributed by atoms with Crippen LogP contribution in [0.2, 0.25) is 0 Å². The fourth-order valence-electron chi connectivity index (χ4n) is 3.58. The Hall–Kier alpha value is -4.21. The number of pyridine rings is 1. The maximum absolute atomic E-state index is 12.3. The molecule has 0 saturated heterocycles. The van der Waals surface area contributed by atoms with Crippen LogP contribution in [-0.4, -0.2) is 47.2 Å². The molecule has 0 bridgehead atoms. The van der Waals surface area contributed by atoms with E-state index in [-0.39, 0.29) is 5.91 Å². The lowest BCUT2D eigenvalue weighted by molar-refractivity contribution is 0.0946. The summed E-state index contributed by atoms with van der Waals surface area (Å²) in [4.78, 5) is 16.8. The number of carbonyl (C=O) groups is 1. The van der Waals surface area contributed by atoms with Crippen molar-refractivity contribution in [3.63, 3.8) is 0 Å². The summed E-state index contributed by atoms with van der Waals surface area (Å²) in [5.41, 5.74) is 10.7. The third-order valence-electron chi connectivity index (χ3n) is 5.30. The van der Waals surface area contributed by atoms with Crippen molar-refractivity contribution in [3.8, 4) is 11.3 Å². The van der Waals surface area contributed by atoms with Gasteiger partial charge < -0.3 is 11.1 Å². The number of amides is 1. The number of H-pyrrole nitrogens is 1. The molecule has 4 aromatic heterocycles. The molecule has 0 radical (unpaired) electrons. The Labute approximate surface area is 177 Å². The number of benzene rings is 1. The Morgan fingerprint density at radius 2 is 2.06 bits per heavy atom. The fourth-order valence-corrected chi connectivity index (χ4v) is 3.58. The quantitative estimate of drug-likeness (QED) is 0.402. The SMILES string of the molecule is Cc1cc(C(=O)NCCn2cc3c(n2)c(N)nc2cc(-c4cc[nH]n4)ccc23)nn1C. The van der Waals surface area contributed by atoms with Crippen molar-refractivity contribution in [1.29, 1.82) is 0 Å². The summed E-state index contributed by atoms with van der Waals surface area (Å²) in [6.07, 6.45) is 3.71. The summed E-state index contributed by atoms with van der Waals surface area (Å²) >= 11 is 0. The Balaban J connectivity index is 1.38. The smallest absolute Gasteiger partial charge is 0.271 e. The number of aromatic nitrogens is 7. The van der Waals surface area contributed by atoms with E-state index >= 15 is 0 Å². The monoisotopic (exact) mass is 415 g/mol. The van der Waals surface area contributed by atoms with Crippen molar-refractivity contribution in [3.05, 3.63) is 54.1 Å². The van der Waals surface area contributed by atoms with Crippen molar-refractivity contribution in [1.82, 2.24) is 40.1 Å². The highest BCUT2D eigenvalue weighted by atomic mass is 16.1. The van der Waals surface area contributed by atoms with Gasteiger partial charge in [0.1, 0.15) is 11.2 Å². The zero-order valence-corrected chi connectivity index (χ0v) is 17.1. The van der Waals surface area contributed by atoms with Gasteiger partial charge in [0.2, 0.25) is 0 Å². The Morgan fingerprint density at radius 1 is 1.19 bits per heavy atom. The molecule has 5 aromatic rings. The maximum atomic E-state index is 12.3. The molecule has 1 aromatic carbocycles. The van der Waals surface area contributed by atoms with Crippen LogP contribution in [0.4, 0.5) is 5.82 Å². The molecule has 0 fully saturated rings. The van der Waals surface area contributed by atoms with E-state index in [1.54, 1.807) is 21.6 Å². The molecule has 0 saturated carbocycles. The molecule has 0 unspecified atom stereocenters. The molecule has 31 heavy (non-hydrogen) atoms. The number of fused-ring (bicyclic) bond motifs is 3. The molecule has 10 nitrogen and oxygen atoms in total. The van der Waals surface area contributed by atoms with Gasteiger partial charge in [0.15, 0.2) is 5.82 Å². The van der Waals surface area contributed by atoms with Crippen molar-refractivity contribution in [2.24, 2.45) is 7.05 Å². The second kappa shape index (κ2) is 7.24. The topological polar surface area (TPSA) is 132 Å². The first-order valence-corrected chi connectivity index (χ1v) is 9.85. The average Bonchev–Trinajstić information content (AvgIpc) is 3.49. The van der Waals surface area contributed by atoms with Crippen LogP contribution < -0.4 is 11.1 Å². The molecule has 4 heterocycles. The van der Waals surface area contributed by atoms with Crippen LogP contribution >= 0.6 is 0 Å². The van der Waals surface area contributed by atoms with E-state index < -0.39 is 0 Å². The first kappa shape index (κ1) is 18.8. The summed E-state index contributed by atoms with van der Waals surface area (Å²) < 4.78 is 3.45. The van der Waals surface area contributed by atoms with Crippen molar-refractivity contribution < 1.29 is 4.79 Å². The number of nitrogen functional groups attached to an aromatic ring is 1. The van der Waals surface area contributed by atoms with Gasteiger partial charge in [-0.3, -0.25) is 19.3 Å². The predicted octanol–water partition coefficient (Wildman–Crippen LogP) is 2.03. The van der Waals surface area contributed by atoms with Gasteiger partial charge in [-0.15, -0.1) is 0 Å². The van der Waals surface area contributed by atoms with Crippen LogP contribution in [0.25, 0.3) is 33.1 Å². The molecule has 156 valence electrons. The minimum atomic E-state index is -0.210. The second-order valence-electron chi connectivity index (χ2n) is 7.39. The third kappa shape index (κ3) is 3.37. The molecule has 0 aliphatic carbocycles. The minimum absolute atomic E-state index is 0.210. The molecule has 0 atom stereocenters. The second-order valence-corrected chi connectivity index (χ2v) is 7.39. The van der Waals surface area contributed by atoms with E-state index in [9.17, 15) is 4.79 Å². The number of carbonyl (C=O) groups excluding carboxylic acids is 1. The number of nitrogens with zero attached hydrogens (tertiary/aromatic N) is 6. The largest absolute Gasteiger partial charge is 0.382 e. The third-order valence-corrected chi connectivity index (χ3v) is 5.30. The maximum Gasteiger partial charge on any atom is 0.271 e. The number of aromatic amines is 1. The van der Waals surface area contributed by atoms with Gasteiger partial charge in [-0.25, -0.2) is 4.98 Å². The molecule has 0 aliphatic heterocycles. The van der Waals surface area contributed by atoms with Gasteiger partial charge in [0.05, 0.1) is 17.8 Å². The van der Waals surface area contributed by atoms with Crippen LogP contribution in [0.15, 0.2) is 42.7 Å². The molecule has 0 spiro atoms. The standard InChI is InChI=1S/C21H21N9O/c1-12-9-18(27-29(12)2)21(31)23-7-8-30-11-15-14-4-3-13(16-5-6-24-26-16)10-17(14)25-20(22)19(15)28-30/h3-6,9-11H,7-8H2,1-2H3,(H2,22,25)(H,23,31)(H,24,26). The van der Waals surface area contributed by atoms with Gasteiger partial charge in [0.25, 0.3) is 5.91 Å². The van der Waals surface area contributed by atoms with E-state index in [1.165, 1.54) is 0 Å². The molecule has 0 aliphatic rings. The first-order valence-electron chi connectivity index (χ1n) is 9.85. The molecule has 10 heteroatoms. The van der Waals surface area contributed by atoms with Crippen LogP contribution in [0.1, 0.15) is 16.2 Å². The first-order chi connectivity index (χ1) is 15.0. The van der Waals surface area contributed by atoms with E-state index in [2.05, 4.69) is 30.7 Å². The highest BCUT2D eigenvalue weighted by Crippen LogP contribution is 2.29.